The van der Waals surface area contributed by atoms with Crippen LogP contribution in [0, 0.1) is 30.4 Å². The molecular weight excluding hydrogens is 370 g/mol. The van der Waals surface area contributed by atoms with Gasteiger partial charge in [0.25, 0.3) is 0 Å². The molecule has 2 aliphatic rings. The first-order valence-electron chi connectivity index (χ1n) is 9.03. The quantitative estimate of drug-likeness (QED) is 0.422. The molecule has 1 aromatic rings. The number of ether oxygens (including phenoxy) is 3. The Morgan fingerprint density at radius 1 is 1.43 bits per heavy atom. The van der Waals surface area contributed by atoms with Crippen LogP contribution >= 0.6 is 0 Å². The van der Waals surface area contributed by atoms with E-state index in [1.165, 1.54) is 25.1 Å². The van der Waals surface area contributed by atoms with Crippen LogP contribution in [0.5, 0.6) is 0 Å². The van der Waals surface area contributed by atoms with Crippen molar-refractivity contribution in [3.05, 3.63) is 59.4 Å². The van der Waals surface area contributed by atoms with Gasteiger partial charge < -0.3 is 14.2 Å². The molecule has 3 atom stereocenters. The number of ketones is 1. The maximum Gasteiger partial charge on any atom is 0.317 e. The van der Waals surface area contributed by atoms with E-state index >= 15 is 0 Å². The number of carbonyl (C=O) groups excluding carboxylic acids is 2. The second kappa shape index (κ2) is 7.83. The minimum atomic E-state index is -1.08. The Bertz CT molecular complexity index is 847. The second-order valence-corrected chi connectivity index (χ2v) is 7.18. The molecule has 150 valence electrons. The zero-order valence-corrected chi connectivity index (χ0v) is 15.8. The summed E-state index contributed by atoms with van der Waals surface area (Å²) in [7, 11) is 0. The molecule has 5 nitrogen and oxygen atoms in total. The van der Waals surface area contributed by atoms with Gasteiger partial charge in [-0.3, -0.25) is 9.59 Å². The van der Waals surface area contributed by atoms with Crippen LogP contribution in [-0.4, -0.2) is 30.8 Å². The van der Waals surface area contributed by atoms with E-state index in [2.05, 4.69) is 6.58 Å². The Morgan fingerprint density at radius 3 is 2.89 bits per heavy atom. The molecule has 1 saturated heterocycles. The van der Waals surface area contributed by atoms with Gasteiger partial charge in [0, 0.05) is 12.5 Å². The number of allylic oxidation sites excluding steroid dienone is 1. The number of benzene rings is 1. The highest BCUT2D eigenvalue weighted by atomic mass is 19.1. The third kappa shape index (κ3) is 3.58. The van der Waals surface area contributed by atoms with Crippen molar-refractivity contribution in [1.29, 1.82) is 0 Å². The van der Waals surface area contributed by atoms with Crippen LogP contribution in [0.1, 0.15) is 24.5 Å². The molecule has 28 heavy (non-hydrogen) atoms. The highest BCUT2D eigenvalue weighted by Gasteiger charge is 2.54. The van der Waals surface area contributed by atoms with Gasteiger partial charge in [-0.05, 0) is 42.5 Å². The average Bonchev–Trinajstić information content (AvgIpc) is 3.07. The first kappa shape index (κ1) is 20.2. The van der Waals surface area contributed by atoms with Crippen LogP contribution in [0.15, 0.2) is 36.6 Å². The van der Waals surface area contributed by atoms with Crippen molar-refractivity contribution in [3.63, 3.8) is 0 Å². The van der Waals surface area contributed by atoms with Crippen molar-refractivity contribution in [3.8, 4) is 0 Å². The fraction of sp³-hybridized carbons (Fsp3) is 0.429. The van der Waals surface area contributed by atoms with Gasteiger partial charge in [-0.1, -0.05) is 19.6 Å². The summed E-state index contributed by atoms with van der Waals surface area (Å²) >= 11 is 0. The van der Waals surface area contributed by atoms with E-state index in [1.807, 2.05) is 0 Å². The largest absolute Gasteiger partial charge is 0.469 e. The minimum absolute atomic E-state index is 0.00699. The monoisotopic (exact) mass is 392 g/mol. The van der Waals surface area contributed by atoms with Crippen molar-refractivity contribution in [2.45, 2.75) is 32.3 Å². The molecule has 0 bridgehead atoms. The van der Waals surface area contributed by atoms with Gasteiger partial charge in [0.05, 0.1) is 0 Å². The molecule has 1 aliphatic heterocycles. The third-order valence-electron chi connectivity index (χ3n) is 5.35. The molecule has 1 aromatic carbocycles. The number of aryl methyl sites for hydroxylation is 1. The topological polar surface area (TPSA) is 61.8 Å². The third-order valence-corrected chi connectivity index (χ3v) is 5.35. The van der Waals surface area contributed by atoms with Gasteiger partial charge >= 0.3 is 5.97 Å². The maximum atomic E-state index is 14.3. The summed E-state index contributed by atoms with van der Waals surface area (Å²) in [5, 5.41) is 0. The number of carbonyl (C=O) groups is 2. The molecule has 1 unspecified atom stereocenters. The zero-order chi connectivity index (χ0) is 20.5. The minimum Gasteiger partial charge on any atom is -0.469 e. The molecule has 7 heteroatoms. The fourth-order valence-corrected chi connectivity index (χ4v) is 3.71. The first-order chi connectivity index (χ1) is 13.3. The molecule has 0 saturated carbocycles. The lowest BCUT2D eigenvalue weighted by molar-refractivity contribution is -0.154. The Labute approximate surface area is 162 Å². The van der Waals surface area contributed by atoms with Gasteiger partial charge in [0.2, 0.25) is 0 Å². The number of esters is 1. The Balaban J connectivity index is 1.88. The van der Waals surface area contributed by atoms with Crippen molar-refractivity contribution >= 4 is 11.8 Å². The number of hydrogen-bond donors (Lipinski definition) is 0. The Hall–Kier alpha value is -2.54. The summed E-state index contributed by atoms with van der Waals surface area (Å²) in [6.45, 7) is 6.67. The van der Waals surface area contributed by atoms with E-state index in [-0.39, 0.29) is 43.3 Å². The summed E-state index contributed by atoms with van der Waals surface area (Å²) in [5.41, 5.74) is -0.663. The molecule has 0 spiro atoms. The van der Waals surface area contributed by atoms with Gasteiger partial charge in [0.15, 0.2) is 12.6 Å². The zero-order valence-electron chi connectivity index (χ0n) is 15.8. The molecular formula is C21H22F2O5. The lowest BCUT2D eigenvalue weighted by Gasteiger charge is -2.37. The highest BCUT2D eigenvalue weighted by Crippen LogP contribution is 2.46. The molecule has 1 fully saturated rings. The van der Waals surface area contributed by atoms with Crippen LogP contribution in [0.3, 0.4) is 0 Å². The average molecular weight is 392 g/mol. The van der Waals surface area contributed by atoms with Crippen LogP contribution in [0.25, 0.3) is 0 Å². The summed E-state index contributed by atoms with van der Waals surface area (Å²) in [4.78, 5) is 24.6. The second-order valence-electron chi connectivity index (χ2n) is 7.18. The standard InChI is InChI=1S/C21H22F2O5/c1-4-5-26-20(25)15-10-21(19(9-18(15)24)27-11-28-21)13(3)7-14-8-16(22)12(2)6-17(14)23/h4,6,8-9,13,15H,1,5,7,10-11H2,2-3H3/t13?,15-,21-/m1/s1. The van der Waals surface area contributed by atoms with Crippen LogP contribution < -0.4 is 0 Å². The lowest BCUT2D eigenvalue weighted by atomic mass is 9.72. The van der Waals surface area contributed by atoms with Gasteiger partial charge in [-0.2, -0.15) is 0 Å². The predicted molar refractivity (Wildman–Crippen MR) is 96.1 cm³/mol. The Morgan fingerprint density at radius 2 is 2.18 bits per heavy atom. The van der Waals surface area contributed by atoms with Gasteiger partial charge in [0.1, 0.15) is 35.5 Å². The van der Waals surface area contributed by atoms with E-state index < -0.39 is 34.9 Å². The first-order valence-corrected chi connectivity index (χ1v) is 9.03. The van der Waals surface area contributed by atoms with Crippen molar-refractivity contribution < 1.29 is 32.6 Å². The highest BCUT2D eigenvalue weighted by molar-refractivity contribution is 6.06. The smallest absolute Gasteiger partial charge is 0.317 e. The van der Waals surface area contributed by atoms with Gasteiger partial charge in [-0.25, -0.2) is 8.78 Å². The summed E-state index contributed by atoms with van der Waals surface area (Å²) < 4.78 is 44.5. The van der Waals surface area contributed by atoms with Crippen LogP contribution in [0.2, 0.25) is 0 Å². The molecule has 1 aliphatic carbocycles. The van der Waals surface area contributed by atoms with Crippen LogP contribution in [0.4, 0.5) is 8.78 Å². The van der Waals surface area contributed by atoms with Crippen molar-refractivity contribution in [2.24, 2.45) is 11.8 Å². The predicted octanol–water partition coefficient (Wildman–Crippen LogP) is 3.40. The molecule has 0 radical (unpaired) electrons. The molecule has 1 heterocycles. The summed E-state index contributed by atoms with van der Waals surface area (Å²) in [5.74, 6) is -3.23. The summed E-state index contributed by atoms with van der Waals surface area (Å²) in [6.07, 6.45) is 2.82. The van der Waals surface area contributed by atoms with Crippen molar-refractivity contribution in [1.82, 2.24) is 0 Å². The number of fused-ring (bicyclic) bond motifs is 1. The van der Waals surface area contributed by atoms with E-state index in [1.54, 1.807) is 6.92 Å². The van der Waals surface area contributed by atoms with E-state index in [9.17, 15) is 18.4 Å². The van der Waals surface area contributed by atoms with E-state index in [0.29, 0.717) is 5.76 Å². The summed E-state index contributed by atoms with van der Waals surface area (Å²) in [6, 6.07) is 2.32. The Kier molecular flexibility index (Phi) is 5.65. The lowest BCUT2D eigenvalue weighted by Crippen LogP contribution is -2.47. The maximum absolute atomic E-state index is 14.3. The number of hydrogen-bond acceptors (Lipinski definition) is 5. The molecule has 3 rings (SSSR count). The molecule has 0 aromatic heterocycles. The van der Waals surface area contributed by atoms with E-state index in [0.717, 1.165) is 6.07 Å². The normalized spacial score (nSPS) is 24.8. The molecule has 0 amide bonds. The fourth-order valence-electron chi connectivity index (χ4n) is 3.71. The SMILES string of the molecule is C=CCOC(=O)[C@@H]1C[C@]2(C(C)Cc3cc(F)c(C)cc3F)OCOC2=CC1=O. The molecule has 0 N–H and O–H groups in total. The van der Waals surface area contributed by atoms with Gasteiger partial charge in [-0.15, -0.1) is 0 Å². The van der Waals surface area contributed by atoms with Crippen LogP contribution in [-0.2, 0) is 30.2 Å². The van der Waals surface area contributed by atoms with Crippen molar-refractivity contribution in [2.75, 3.05) is 13.4 Å². The number of halogens is 2. The van der Waals surface area contributed by atoms with E-state index in [4.69, 9.17) is 14.2 Å². The number of rotatable bonds is 6.